The normalized spacial score (nSPS) is 15.2. The van der Waals surface area contributed by atoms with Gasteiger partial charge in [-0.1, -0.05) is 47.6 Å². The molecule has 3 aromatic rings. The Labute approximate surface area is 177 Å². The Morgan fingerprint density at radius 1 is 1.10 bits per heavy atom. The number of hydrogen-bond donors (Lipinski definition) is 1. The number of β-amino-alcohol motifs (C(OH)–C–C–N with tert-alkyl or cyclic N) is 1. The summed E-state index contributed by atoms with van der Waals surface area (Å²) >= 11 is 0. The summed E-state index contributed by atoms with van der Waals surface area (Å²) in [4.78, 5) is 4.45. The number of aromatic nitrogens is 1. The van der Waals surface area contributed by atoms with E-state index in [1.165, 1.54) is 11.1 Å². The van der Waals surface area contributed by atoms with Gasteiger partial charge < -0.3 is 14.4 Å². The molecule has 4 rings (SSSR count). The highest BCUT2D eigenvalue weighted by Gasteiger charge is 2.19. The van der Waals surface area contributed by atoms with Crippen LogP contribution in [0.15, 0.2) is 65.4 Å². The van der Waals surface area contributed by atoms with Crippen molar-refractivity contribution in [3.63, 3.8) is 0 Å². The van der Waals surface area contributed by atoms with Crippen LogP contribution >= 0.6 is 0 Å². The van der Waals surface area contributed by atoms with Crippen LogP contribution in [0.5, 0.6) is 5.75 Å². The molecule has 0 saturated heterocycles. The van der Waals surface area contributed by atoms with Crippen LogP contribution in [0, 0.1) is 0 Å². The molecule has 0 bridgehead atoms. The van der Waals surface area contributed by atoms with Gasteiger partial charge in [0.15, 0.2) is 0 Å². The zero-order valence-electron chi connectivity index (χ0n) is 17.4. The van der Waals surface area contributed by atoms with Gasteiger partial charge in [-0.2, -0.15) is 0 Å². The topological polar surface area (TPSA) is 62.0 Å². The molecule has 0 radical (unpaired) electrons. The Morgan fingerprint density at radius 2 is 1.90 bits per heavy atom. The molecule has 0 spiro atoms. The minimum atomic E-state index is -0.531. The maximum absolute atomic E-state index is 10.6. The summed E-state index contributed by atoms with van der Waals surface area (Å²) in [6.07, 6.45) is 2.09. The Balaban J connectivity index is 1.28. The summed E-state index contributed by atoms with van der Waals surface area (Å²) in [7, 11) is 2.04. The maximum atomic E-state index is 10.6. The molecule has 0 amide bonds. The highest BCUT2D eigenvalue weighted by atomic mass is 16.5. The molecule has 0 unspecified atom stereocenters. The molecular formula is C24H29N3O3. The molecule has 0 aliphatic carbocycles. The summed E-state index contributed by atoms with van der Waals surface area (Å²) in [5.41, 5.74) is 4.76. The highest BCUT2D eigenvalue weighted by Crippen LogP contribution is 2.21. The summed E-state index contributed by atoms with van der Waals surface area (Å²) in [5.74, 6) is 0.813. The Hall–Kier alpha value is -2.67. The van der Waals surface area contributed by atoms with Gasteiger partial charge in [0.05, 0.1) is 5.69 Å². The van der Waals surface area contributed by atoms with E-state index in [1.54, 1.807) is 6.26 Å². The molecule has 2 heterocycles. The largest absolute Gasteiger partial charge is 0.491 e. The van der Waals surface area contributed by atoms with Gasteiger partial charge in [-0.25, -0.2) is 0 Å². The monoisotopic (exact) mass is 407 g/mol. The second kappa shape index (κ2) is 9.89. The van der Waals surface area contributed by atoms with Gasteiger partial charge >= 0.3 is 0 Å². The fourth-order valence-corrected chi connectivity index (χ4v) is 3.96. The average Bonchev–Trinajstić information content (AvgIpc) is 3.26. The van der Waals surface area contributed by atoms with Crippen LogP contribution in [0.2, 0.25) is 0 Å². The van der Waals surface area contributed by atoms with Gasteiger partial charge in [0, 0.05) is 44.4 Å². The van der Waals surface area contributed by atoms with E-state index in [9.17, 15) is 5.11 Å². The first kappa shape index (κ1) is 20.6. The molecule has 1 atom stereocenters. The standard InChI is InChI=1S/C24H29N3O3/c1-26(16-22-11-13-30-25-22)14-21-8-4-5-9-24(21)29-18-23(28)17-27-12-10-19-6-2-3-7-20(19)15-27/h2-9,11,13,23,28H,10,12,14-18H2,1H3/t23-/m0/s1. The lowest BCUT2D eigenvalue weighted by Crippen LogP contribution is -2.38. The number of hydrogen-bond acceptors (Lipinski definition) is 6. The third kappa shape index (κ3) is 5.48. The van der Waals surface area contributed by atoms with Crippen LogP contribution in [0.3, 0.4) is 0 Å². The Bertz CT molecular complexity index is 929. The van der Waals surface area contributed by atoms with Gasteiger partial charge in [0.1, 0.15) is 24.7 Å². The molecule has 1 aliphatic rings. The summed E-state index contributed by atoms with van der Waals surface area (Å²) < 4.78 is 10.9. The van der Waals surface area contributed by atoms with Crippen molar-refractivity contribution in [3.8, 4) is 5.75 Å². The first-order valence-electron chi connectivity index (χ1n) is 10.4. The van der Waals surface area contributed by atoms with Gasteiger partial charge in [0.25, 0.3) is 0 Å². The van der Waals surface area contributed by atoms with Crippen LogP contribution in [0.4, 0.5) is 0 Å². The first-order chi connectivity index (χ1) is 14.7. The smallest absolute Gasteiger partial charge is 0.124 e. The first-order valence-corrected chi connectivity index (χ1v) is 10.4. The van der Waals surface area contributed by atoms with E-state index in [-0.39, 0.29) is 6.61 Å². The van der Waals surface area contributed by atoms with Crippen molar-refractivity contribution in [3.05, 3.63) is 83.2 Å². The number of benzene rings is 2. The van der Waals surface area contributed by atoms with E-state index in [1.807, 2.05) is 31.3 Å². The zero-order valence-corrected chi connectivity index (χ0v) is 17.4. The van der Waals surface area contributed by atoms with Crippen LogP contribution in [0.1, 0.15) is 22.4 Å². The number of fused-ring (bicyclic) bond motifs is 1. The number of ether oxygens (including phenoxy) is 1. The SMILES string of the molecule is CN(Cc1ccon1)Cc1ccccc1OC[C@@H](O)CN1CCc2ccccc2C1. The van der Waals surface area contributed by atoms with Crippen molar-refractivity contribution in [2.24, 2.45) is 0 Å². The number of aliphatic hydroxyl groups is 1. The molecule has 0 fully saturated rings. The van der Waals surface area contributed by atoms with Crippen LogP contribution in [-0.4, -0.2) is 52.9 Å². The quantitative estimate of drug-likeness (QED) is 0.588. The van der Waals surface area contributed by atoms with Gasteiger partial charge in [0.2, 0.25) is 0 Å². The van der Waals surface area contributed by atoms with E-state index >= 15 is 0 Å². The fraction of sp³-hybridized carbons (Fsp3) is 0.375. The van der Waals surface area contributed by atoms with Crippen molar-refractivity contribution in [1.82, 2.24) is 15.0 Å². The van der Waals surface area contributed by atoms with E-state index < -0.39 is 6.10 Å². The summed E-state index contributed by atoms with van der Waals surface area (Å²) in [6.45, 7) is 4.17. The predicted molar refractivity (Wildman–Crippen MR) is 115 cm³/mol. The highest BCUT2D eigenvalue weighted by molar-refractivity contribution is 5.33. The summed E-state index contributed by atoms with van der Waals surface area (Å²) in [6, 6.07) is 18.4. The van der Waals surface area contributed by atoms with Crippen molar-refractivity contribution in [2.45, 2.75) is 32.2 Å². The fourth-order valence-electron chi connectivity index (χ4n) is 3.96. The van der Waals surface area contributed by atoms with E-state index in [2.05, 4.69) is 45.3 Å². The molecule has 1 N–H and O–H groups in total. The van der Waals surface area contributed by atoms with Crippen molar-refractivity contribution in [2.75, 3.05) is 26.7 Å². The Morgan fingerprint density at radius 3 is 2.73 bits per heavy atom. The third-order valence-corrected chi connectivity index (χ3v) is 5.45. The van der Waals surface area contributed by atoms with Gasteiger partial charge in [-0.05, 0) is 30.7 Å². The van der Waals surface area contributed by atoms with E-state index in [0.29, 0.717) is 13.1 Å². The number of aliphatic hydroxyl groups excluding tert-OH is 1. The van der Waals surface area contributed by atoms with E-state index in [4.69, 9.17) is 9.26 Å². The lowest BCUT2D eigenvalue weighted by molar-refractivity contribution is 0.0632. The van der Waals surface area contributed by atoms with Crippen molar-refractivity contribution >= 4 is 0 Å². The molecule has 30 heavy (non-hydrogen) atoms. The van der Waals surface area contributed by atoms with Crippen LogP contribution in [-0.2, 0) is 26.1 Å². The molecule has 2 aromatic carbocycles. The number of rotatable bonds is 9. The lowest BCUT2D eigenvalue weighted by Gasteiger charge is -2.30. The molecule has 1 aromatic heterocycles. The number of para-hydroxylation sites is 1. The van der Waals surface area contributed by atoms with Gasteiger partial charge in [-0.3, -0.25) is 9.80 Å². The lowest BCUT2D eigenvalue weighted by atomic mass is 10.00. The molecule has 6 heteroatoms. The third-order valence-electron chi connectivity index (χ3n) is 5.45. The number of nitrogens with zero attached hydrogens (tertiary/aromatic N) is 3. The zero-order chi connectivity index (χ0) is 20.8. The minimum absolute atomic E-state index is 0.280. The van der Waals surface area contributed by atoms with Crippen LogP contribution < -0.4 is 4.74 Å². The van der Waals surface area contributed by atoms with Crippen molar-refractivity contribution in [1.29, 1.82) is 0 Å². The summed E-state index contributed by atoms with van der Waals surface area (Å²) in [5, 5.41) is 14.5. The maximum Gasteiger partial charge on any atom is 0.124 e. The van der Waals surface area contributed by atoms with Crippen LogP contribution in [0.25, 0.3) is 0 Å². The molecule has 1 aliphatic heterocycles. The second-order valence-electron chi connectivity index (χ2n) is 7.99. The van der Waals surface area contributed by atoms with Gasteiger partial charge in [-0.15, -0.1) is 0 Å². The Kier molecular flexibility index (Phi) is 6.79. The van der Waals surface area contributed by atoms with E-state index in [0.717, 1.165) is 43.1 Å². The van der Waals surface area contributed by atoms with Crippen molar-refractivity contribution < 1.29 is 14.4 Å². The minimum Gasteiger partial charge on any atom is -0.491 e. The molecule has 158 valence electrons. The average molecular weight is 408 g/mol. The molecule has 0 saturated carbocycles. The molecule has 6 nitrogen and oxygen atoms in total. The second-order valence-corrected chi connectivity index (χ2v) is 7.99. The molecular weight excluding hydrogens is 378 g/mol. The predicted octanol–water partition coefficient (Wildman–Crippen LogP) is 3.10.